The lowest BCUT2D eigenvalue weighted by Crippen LogP contribution is -2.42. The number of amides is 2. The van der Waals surface area contributed by atoms with Crippen molar-refractivity contribution in [3.63, 3.8) is 0 Å². The van der Waals surface area contributed by atoms with E-state index in [2.05, 4.69) is 5.32 Å². The monoisotopic (exact) mass is 325 g/mol. The molecule has 1 aliphatic rings. The highest BCUT2D eigenvalue weighted by atomic mass is 35.5. The third kappa shape index (κ3) is 4.71. The molecule has 0 unspecified atom stereocenters. The van der Waals surface area contributed by atoms with Gasteiger partial charge in [0.1, 0.15) is 0 Å². The van der Waals surface area contributed by atoms with Gasteiger partial charge in [0.05, 0.1) is 0 Å². The van der Waals surface area contributed by atoms with Crippen LogP contribution in [0.2, 0.25) is 0 Å². The minimum atomic E-state index is -0.132. The van der Waals surface area contributed by atoms with Gasteiger partial charge in [0.25, 0.3) is 11.8 Å². The molecule has 0 radical (unpaired) electrons. The van der Waals surface area contributed by atoms with Gasteiger partial charge in [0, 0.05) is 36.8 Å². The molecule has 0 atom stereocenters. The molecule has 22 heavy (non-hydrogen) atoms. The van der Waals surface area contributed by atoms with Crippen LogP contribution in [0.5, 0.6) is 0 Å². The number of nitrogens with two attached hydrogens (primary N) is 1. The fraction of sp³-hybridized carbons (Fsp3) is 0.500. The topological polar surface area (TPSA) is 75.4 Å². The van der Waals surface area contributed by atoms with Crippen molar-refractivity contribution in [3.8, 4) is 0 Å². The number of piperidine rings is 1. The van der Waals surface area contributed by atoms with Crippen molar-refractivity contribution in [1.82, 2.24) is 10.2 Å². The molecule has 122 valence electrons. The van der Waals surface area contributed by atoms with E-state index in [-0.39, 0.29) is 30.3 Å². The largest absolute Gasteiger partial charge is 0.352 e. The van der Waals surface area contributed by atoms with Crippen LogP contribution >= 0.6 is 12.4 Å². The fourth-order valence-electron chi connectivity index (χ4n) is 2.42. The van der Waals surface area contributed by atoms with E-state index < -0.39 is 0 Å². The highest BCUT2D eigenvalue weighted by Crippen LogP contribution is 2.14. The van der Waals surface area contributed by atoms with Gasteiger partial charge in [-0.1, -0.05) is 13.0 Å². The van der Waals surface area contributed by atoms with Crippen LogP contribution in [0.15, 0.2) is 24.3 Å². The van der Waals surface area contributed by atoms with Gasteiger partial charge in [-0.05, 0) is 37.5 Å². The fourth-order valence-corrected chi connectivity index (χ4v) is 2.42. The molecule has 1 heterocycles. The quantitative estimate of drug-likeness (QED) is 0.886. The summed E-state index contributed by atoms with van der Waals surface area (Å²) >= 11 is 0. The van der Waals surface area contributed by atoms with Gasteiger partial charge in [-0.15, -0.1) is 12.4 Å². The van der Waals surface area contributed by atoms with Gasteiger partial charge in [-0.2, -0.15) is 0 Å². The maximum atomic E-state index is 12.4. The number of hydrogen-bond donors (Lipinski definition) is 2. The van der Waals surface area contributed by atoms with Gasteiger partial charge < -0.3 is 16.0 Å². The number of halogens is 1. The van der Waals surface area contributed by atoms with E-state index in [4.69, 9.17) is 5.73 Å². The summed E-state index contributed by atoms with van der Waals surface area (Å²) in [5.74, 6) is -0.154. The van der Waals surface area contributed by atoms with Gasteiger partial charge in [0.15, 0.2) is 0 Å². The Labute approximate surface area is 137 Å². The van der Waals surface area contributed by atoms with Gasteiger partial charge >= 0.3 is 0 Å². The Bertz CT molecular complexity index is 514. The average Bonchev–Trinajstić information content (AvgIpc) is 2.52. The average molecular weight is 326 g/mol. The number of rotatable bonds is 4. The van der Waals surface area contributed by atoms with Crippen LogP contribution in [0.25, 0.3) is 0 Å². The van der Waals surface area contributed by atoms with Gasteiger partial charge in [-0.25, -0.2) is 0 Å². The second-order valence-corrected chi connectivity index (χ2v) is 5.47. The number of benzene rings is 1. The zero-order valence-electron chi connectivity index (χ0n) is 12.9. The van der Waals surface area contributed by atoms with Crippen LogP contribution in [-0.4, -0.2) is 42.4 Å². The van der Waals surface area contributed by atoms with Crippen molar-refractivity contribution >= 4 is 24.2 Å². The van der Waals surface area contributed by atoms with Crippen LogP contribution in [0, 0.1) is 0 Å². The van der Waals surface area contributed by atoms with Crippen LogP contribution < -0.4 is 11.1 Å². The van der Waals surface area contributed by atoms with Crippen molar-refractivity contribution in [2.45, 2.75) is 32.2 Å². The zero-order valence-corrected chi connectivity index (χ0v) is 13.7. The summed E-state index contributed by atoms with van der Waals surface area (Å²) in [5, 5.41) is 2.82. The number of hydrogen-bond acceptors (Lipinski definition) is 3. The van der Waals surface area contributed by atoms with Crippen molar-refractivity contribution in [3.05, 3.63) is 35.4 Å². The summed E-state index contributed by atoms with van der Waals surface area (Å²) < 4.78 is 0. The summed E-state index contributed by atoms with van der Waals surface area (Å²) in [4.78, 5) is 26.2. The molecule has 0 aromatic heterocycles. The summed E-state index contributed by atoms with van der Waals surface area (Å²) in [7, 11) is 0. The molecule has 2 amide bonds. The summed E-state index contributed by atoms with van der Waals surface area (Å²) in [6.07, 6.45) is 2.56. The molecule has 0 spiro atoms. The minimum absolute atomic E-state index is 0. The van der Waals surface area contributed by atoms with Crippen molar-refractivity contribution in [1.29, 1.82) is 0 Å². The summed E-state index contributed by atoms with van der Waals surface area (Å²) in [6.45, 7) is 4.01. The SMILES string of the molecule is CCCNC(=O)c1cccc(C(=O)N2CCC(N)CC2)c1.Cl. The van der Waals surface area contributed by atoms with E-state index >= 15 is 0 Å². The van der Waals surface area contributed by atoms with Crippen molar-refractivity contribution in [2.24, 2.45) is 5.73 Å². The molecule has 3 N–H and O–H groups in total. The van der Waals surface area contributed by atoms with E-state index in [0.29, 0.717) is 30.8 Å². The Morgan fingerprint density at radius 1 is 1.27 bits per heavy atom. The van der Waals surface area contributed by atoms with Gasteiger partial charge in [-0.3, -0.25) is 9.59 Å². The molecule has 0 saturated carbocycles. The number of nitrogens with one attached hydrogen (secondary N) is 1. The maximum absolute atomic E-state index is 12.4. The van der Waals surface area contributed by atoms with Crippen molar-refractivity contribution in [2.75, 3.05) is 19.6 Å². The zero-order chi connectivity index (χ0) is 15.2. The lowest BCUT2D eigenvalue weighted by molar-refractivity contribution is 0.0714. The molecule has 0 aliphatic carbocycles. The molecule has 0 bridgehead atoms. The van der Waals surface area contributed by atoms with Gasteiger partial charge in [0.2, 0.25) is 0 Å². The minimum Gasteiger partial charge on any atom is -0.352 e. The van der Waals surface area contributed by atoms with Crippen molar-refractivity contribution < 1.29 is 9.59 Å². The van der Waals surface area contributed by atoms with Crippen LogP contribution in [-0.2, 0) is 0 Å². The van der Waals surface area contributed by atoms with E-state index in [1.165, 1.54) is 0 Å². The third-order valence-corrected chi connectivity index (χ3v) is 3.73. The Balaban J connectivity index is 0.00000242. The van der Waals surface area contributed by atoms with E-state index in [9.17, 15) is 9.59 Å². The summed E-state index contributed by atoms with van der Waals surface area (Å²) in [6, 6.07) is 7.10. The van der Waals surface area contributed by atoms with E-state index in [1.54, 1.807) is 24.3 Å². The highest BCUT2D eigenvalue weighted by Gasteiger charge is 2.22. The lowest BCUT2D eigenvalue weighted by Gasteiger charge is -2.30. The number of nitrogens with zero attached hydrogens (tertiary/aromatic N) is 1. The smallest absolute Gasteiger partial charge is 0.253 e. The Hall–Kier alpha value is -1.59. The standard InChI is InChI=1S/C16H23N3O2.ClH/c1-2-8-18-15(20)12-4-3-5-13(11-12)16(21)19-9-6-14(17)7-10-19;/h3-5,11,14H,2,6-10,17H2,1H3,(H,18,20);1H. The first-order valence-corrected chi connectivity index (χ1v) is 7.55. The molecular weight excluding hydrogens is 302 g/mol. The molecule has 1 aromatic carbocycles. The second kappa shape index (κ2) is 8.76. The molecule has 1 aromatic rings. The van der Waals surface area contributed by atoms with Crippen LogP contribution in [0.4, 0.5) is 0 Å². The second-order valence-electron chi connectivity index (χ2n) is 5.47. The predicted octanol–water partition coefficient (Wildman–Crippen LogP) is 1.81. The Morgan fingerprint density at radius 2 is 1.91 bits per heavy atom. The Morgan fingerprint density at radius 3 is 2.55 bits per heavy atom. The first kappa shape index (κ1) is 18.5. The molecule has 1 aliphatic heterocycles. The predicted molar refractivity (Wildman–Crippen MR) is 89.4 cm³/mol. The highest BCUT2D eigenvalue weighted by molar-refractivity contribution is 5.99. The van der Waals surface area contributed by atoms with E-state index in [1.807, 2.05) is 11.8 Å². The molecule has 6 heteroatoms. The first-order valence-electron chi connectivity index (χ1n) is 7.55. The number of likely N-dealkylation sites (tertiary alicyclic amines) is 1. The van der Waals surface area contributed by atoms with Crippen LogP contribution in [0.1, 0.15) is 46.9 Å². The lowest BCUT2D eigenvalue weighted by atomic mass is 10.0. The van der Waals surface area contributed by atoms with Crippen LogP contribution in [0.3, 0.4) is 0 Å². The number of carbonyl (C=O) groups is 2. The number of carbonyl (C=O) groups excluding carboxylic acids is 2. The molecule has 1 saturated heterocycles. The molecule has 1 fully saturated rings. The third-order valence-electron chi connectivity index (χ3n) is 3.73. The first-order chi connectivity index (χ1) is 10.1. The summed E-state index contributed by atoms with van der Waals surface area (Å²) in [5.41, 5.74) is 6.95. The molecule has 2 rings (SSSR count). The van der Waals surface area contributed by atoms with E-state index in [0.717, 1.165) is 19.3 Å². The normalized spacial score (nSPS) is 15.1. The molecule has 5 nitrogen and oxygen atoms in total. The maximum Gasteiger partial charge on any atom is 0.253 e. The Kier molecular flexibility index (Phi) is 7.35. The molecular formula is C16H24ClN3O2.